The molecule has 0 saturated carbocycles. The molecule has 1 fully saturated rings. The number of amides is 3. The molecule has 0 bridgehead atoms. The molecule has 148 valence electrons. The van der Waals surface area contributed by atoms with Crippen LogP contribution in [0.15, 0.2) is 24.3 Å². The number of nitrogens with one attached hydrogen (secondary N) is 1. The second kappa shape index (κ2) is 8.49. The zero-order chi connectivity index (χ0) is 20.2. The molecular formula is C19H28N4O4. The summed E-state index contributed by atoms with van der Waals surface area (Å²) in [5.74, 6) is -1.28. The maximum absolute atomic E-state index is 12.6. The van der Waals surface area contributed by atoms with Gasteiger partial charge in [-0.25, -0.2) is 0 Å². The number of anilines is 2. The maximum Gasteiger partial charge on any atom is 0.253 e. The molecule has 3 amide bonds. The van der Waals surface area contributed by atoms with Crippen LogP contribution in [0, 0.1) is 5.41 Å². The first kappa shape index (κ1) is 20.9. The van der Waals surface area contributed by atoms with E-state index in [1.165, 1.54) is 0 Å². The molecule has 1 aliphatic heterocycles. The van der Waals surface area contributed by atoms with Crippen LogP contribution in [0.5, 0.6) is 0 Å². The number of carbonyl (C=O) groups excluding carboxylic acids is 3. The Morgan fingerprint density at radius 3 is 2.44 bits per heavy atom. The largest absolute Gasteiger partial charge is 0.370 e. The van der Waals surface area contributed by atoms with Crippen LogP contribution in [0.1, 0.15) is 20.8 Å². The van der Waals surface area contributed by atoms with Gasteiger partial charge in [0.2, 0.25) is 5.91 Å². The zero-order valence-electron chi connectivity index (χ0n) is 16.3. The van der Waals surface area contributed by atoms with Gasteiger partial charge in [0.15, 0.2) is 6.04 Å². The molecule has 1 atom stereocenters. The van der Waals surface area contributed by atoms with Crippen molar-refractivity contribution in [2.24, 2.45) is 11.1 Å². The molecular weight excluding hydrogens is 348 g/mol. The van der Waals surface area contributed by atoms with E-state index in [-0.39, 0.29) is 17.9 Å². The number of rotatable bonds is 6. The minimum Gasteiger partial charge on any atom is -0.370 e. The van der Waals surface area contributed by atoms with E-state index in [9.17, 15) is 14.4 Å². The molecule has 0 spiro atoms. The normalized spacial score (nSPS) is 16.3. The summed E-state index contributed by atoms with van der Waals surface area (Å²) in [5.41, 5.74) is 6.62. The topological polar surface area (TPSA) is 105 Å². The van der Waals surface area contributed by atoms with Crippen LogP contribution in [-0.2, 0) is 19.1 Å². The van der Waals surface area contributed by atoms with Crippen molar-refractivity contribution in [3.63, 3.8) is 0 Å². The number of benzene rings is 1. The number of morpholine rings is 1. The van der Waals surface area contributed by atoms with Crippen LogP contribution in [-0.4, -0.2) is 62.0 Å². The van der Waals surface area contributed by atoms with Gasteiger partial charge in [0.1, 0.15) is 6.61 Å². The Hall–Kier alpha value is -2.45. The Balaban J connectivity index is 2.06. The summed E-state index contributed by atoms with van der Waals surface area (Å²) in [7, 11) is 1.70. The molecule has 1 heterocycles. The minimum absolute atomic E-state index is 0.0683. The second-order valence-corrected chi connectivity index (χ2v) is 7.91. The smallest absolute Gasteiger partial charge is 0.253 e. The van der Waals surface area contributed by atoms with E-state index < -0.39 is 17.9 Å². The molecule has 0 radical (unpaired) electrons. The first-order valence-electron chi connectivity index (χ1n) is 8.87. The van der Waals surface area contributed by atoms with Crippen LogP contribution >= 0.6 is 0 Å². The fourth-order valence-electron chi connectivity index (χ4n) is 3.11. The van der Waals surface area contributed by atoms with Crippen molar-refractivity contribution in [2.45, 2.75) is 26.8 Å². The summed E-state index contributed by atoms with van der Waals surface area (Å²) >= 11 is 0. The predicted octanol–water partition coefficient (Wildman–Crippen LogP) is 0.820. The van der Waals surface area contributed by atoms with Gasteiger partial charge in [-0.2, -0.15) is 0 Å². The first-order valence-corrected chi connectivity index (χ1v) is 8.87. The van der Waals surface area contributed by atoms with Crippen molar-refractivity contribution in [3.8, 4) is 0 Å². The van der Waals surface area contributed by atoms with Crippen LogP contribution < -0.4 is 16.0 Å². The summed E-state index contributed by atoms with van der Waals surface area (Å²) in [6, 6.07) is 5.81. The van der Waals surface area contributed by atoms with E-state index in [4.69, 9.17) is 10.5 Å². The Kier molecular flexibility index (Phi) is 6.56. The third-order valence-electron chi connectivity index (χ3n) is 4.11. The van der Waals surface area contributed by atoms with E-state index in [0.717, 1.165) is 5.69 Å². The SMILES string of the molecule is CN(CC(C)(C)C)[C@@H](C(N)=O)C(=O)Nc1ccc(N2CCOCC2=O)cc1. The highest BCUT2D eigenvalue weighted by Crippen LogP contribution is 2.21. The van der Waals surface area contributed by atoms with Crippen LogP contribution in [0.25, 0.3) is 0 Å². The number of hydrogen-bond acceptors (Lipinski definition) is 5. The lowest BCUT2D eigenvalue weighted by atomic mass is 9.95. The molecule has 0 aliphatic carbocycles. The van der Waals surface area contributed by atoms with Gasteiger partial charge in [0, 0.05) is 24.5 Å². The average molecular weight is 376 g/mol. The van der Waals surface area contributed by atoms with Crippen molar-refractivity contribution in [1.29, 1.82) is 0 Å². The summed E-state index contributed by atoms with van der Waals surface area (Å²) in [6.07, 6.45) is 0. The van der Waals surface area contributed by atoms with Crippen LogP contribution in [0.3, 0.4) is 0 Å². The summed E-state index contributed by atoms with van der Waals surface area (Å²) in [6.45, 7) is 7.64. The number of likely N-dealkylation sites (N-methyl/N-ethyl adjacent to an activating group) is 1. The van der Waals surface area contributed by atoms with Crippen LogP contribution in [0.4, 0.5) is 11.4 Å². The molecule has 8 nitrogen and oxygen atoms in total. The van der Waals surface area contributed by atoms with Gasteiger partial charge >= 0.3 is 0 Å². The fourth-order valence-corrected chi connectivity index (χ4v) is 3.11. The molecule has 3 N–H and O–H groups in total. The third-order valence-corrected chi connectivity index (χ3v) is 4.11. The summed E-state index contributed by atoms with van der Waals surface area (Å²) in [5, 5.41) is 2.72. The third kappa shape index (κ3) is 5.77. The van der Waals surface area contributed by atoms with Crippen molar-refractivity contribution in [3.05, 3.63) is 24.3 Å². The van der Waals surface area contributed by atoms with E-state index in [0.29, 0.717) is 25.4 Å². The Labute approximate surface area is 159 Å². The van der Waals surface area contributed by atoms with Crippen molar-refractivity contribution >= 4 is 29.1 Å². The summed E-state index contributed by atoms with van der Waals surface area (Å²) in [4.78, 5) is 39.6. The molecule has 0 unspecified atom stereocenters. The number of ether oxygens (including phenoxy) is 1. The van der Waals surface area contributed by atoms with Crippen molar-refractivity contribution in [1.82, 2.24) is 4.90 Å². The van der Waals surface area contributed by atoms with E-state index >= 15 is 0 Å². The second-order valence-electron chi connectivity index (χ2n) is 7.91. The number of primary amides is 1. The molecule has 1 aliphatic rings. The van der Waals surface area contributed by atoms with Gasteiger partial charge in [-0.15, -0.1) is 0 Å². The number of nitrogens with two attached hydrogens (primary N) is 1. The molecule has 27 heavy (non-hydrogen) atoms. The van der Waals surface area contributed by atoms with E-state index in [2.05, 4.69) is 5.32 Å². The molecule has 0 aromatic heterocycles. The van der Waals surface area contributed by atoms with Gasteiger partial charge < -0.3 is 20.7 Å². The monoisotopic (exact) mass is 376 g/mol. The molecule has 8 heteroatoms. The highest BCUT2D eigenvalue weighted by Gasteiger charge is 2.31. The maximum atomic E-state index is 12.6. The van der Waals surface area contributed by atoms with Gasteiger partial charge in [0.25, 0.3) is 11.8 Å². The molecule has 2 rings (SSSR count). The highest BCUT2D eigenvalue weighted by atomic mass is 16.5. The van der Waals surface area contributed by atoms with Crippen molar-refractivity contribution in [2.75, 3.05) is 43.6 Å². The lowest BCUT2D eigenvalue weighted by Gasteiger charge is -2.30. The summed E-state index contributed by atoms with van der Waals surface area (Å²) < 4.78 is 5.12. The minimum atomic E-state index is -1.07. The average Bonchev–Trinajstić information content (AvgIpc) is 2.54. The Bertz CT molecular complexity index is 697. The fraction of sp³-hybridized carbons (Fsp3) is 0.526. The van der Waals surface area contributed by atoms with E-state index in [1.54, 1.807) is 41.1 Å². The number of nitrogens with zero attached hydrogens (tertiary/aromatic N) is 2. The Morgan fingerprint density at radius 2 is 1.93 bits per heavy atom. The van der Waals surface area contributed by atoms with Gasteiger partial charge in [0.05, 0.1) is 6.61 Å². The lowest BCUT2D eigenvalue weighted by Crippen LogP contribution is -2.52. The standard InChI is InChI=1S/C19H28N4O4/c1-19(2,3)12-22(4)16(17(20)25)18(26)21-13-5-7-14(8-6-13)23-9-10-27-11-15(23)24/h5-8,16H,9-12H2,1-4H3,(H2,20,25)(H,21,26)/t16-/m0/s1. The number of carbonyl (C=O) groups is 3. The van der Waals surface area contributed by atoms with Gasteiger partial charge in [-0.05, 0) is 36.7 Å². The zero-order valence-corrected chi connectivity index (χ0v) is 16.3. The molecule has 1 aromatic rings. The van der Waals surface area contributed by atoms with E-state index in [1.807, 2.05) is 20.8 Å². The molecule has 1 saturated heterocycles. The first-order chi connectivity index (χ1) is 12.6. The molecule has 1 aromatic carbocycles. The van der Waals surface area contributed by atoms with Gasteiger partial charge in [-0.3, -0.25) is 19.3 Å². The lowest BCUT2D eigenvalue weighted by molar-refractivity contribution is -0.132. The number of hydrogen-bond donors (Lipinski definition) is 2. The predicted molar refractivity (Wildman–Crippen MR) is 103 cm³/mol. The van der Waals surface area contributed by atoms with Crippen LogP contribution in [0.2, 0.25) is 0 Å². The van der Waals surface area contributed by atoms with Gasteiger partial charge in [-0.1, -0.05) is 20.8 Å². The highest BCUT2D eigenvalue weighted by molar-refractivity contribution is 6.09. The quantitative estimate of drug-likeness (QED) is 0.715. The van der Waals surface area contributed by atoms with Crippen molar-refractivity contribution < 1.29 is 19.1 Å². The Morgan fingerprint density at radius 1 is 1.30 bits per heavy atom.